The Balaban J connectivity index is 2.16. The van der Waals surface area contributed by atoms with Crippen molar-refractivity contribution in [1.82, 2.24) is 5.32 Å². The standard InChI is InChI=1S/C12H15N3O2S/c1-18-7-6-10-11(16)15(12(17)14-10)9-4-2-8(13)3-5-9/h2-5,10H,6-7,13H2,1H3,(H,14,17)/t10-/m1/s1. The summed E-state index contributed by atoms with van der Waals surface area (Å²) in [6.45, 7) is 0. The fourth-order valence-electron chi connectivity index (χ4n) is 1.83. The minimum Gasteiger partial charge on any atom is -0.399 e. The van der Waals surface area contributed by atoms with Gasteiger partial charge in [0.2, 0.25) is 0 Å². The molecule has 0 unspecified atom stereocenters. The van der Waals surface area contributed by atoms with E-state index >= 15 is 0 Å². The smallest absolute Gasteiger partial charge is 0.329 e. The van der Waals surface area contributed by atoms with Gasteiger partial charge in [-0.05, 0) is 42.7 Å². The van der Waals surface area contributed by atoms with E-state index in [0.29, 0.717) is 17.8 Å². The van der Waals surface area contributed by atoms with Crippen LogP contribution in [0.4, 0.5) is 16.2 Å². The number of nitrogens with zero attached hydrogens (tertiary/aromatic N) is 1. The number of amides is 3. The van der Waals surface area contributed by atoms with Crippen molar-refractivity contribution in [3.05, 3.63) is 24.3 Å². The number of imide groups is 1. The first-order valence-electron chi connectivity index (χ1n) is 5.62. The first-order chi connectivity index (χ1) is 8.63. The monoisotopic (exact) mass is 265 g/mol. The summed E-state index contributed by atoms with van der Waals surface area (Å²) in [6, 6.07) is 5.91. The largest absolute Gasteiger partial charge is 0.399 e. The fraction of sp³-hybridized carbons (Fsp3) is 0.333. The van der Waals surface area contributed by atoms with Crippen LogP contribution in [0.25, 0.3) is 0 Å². The minimum absolute atomic E-state index is 0.196. The Morgan fingerprint density at radius 3 is 2.61 bits per heavy atom. The van der Waals surface area contributed by atoms with Gasteiger partial charge in [0.1, 0.15) is 6.04 Å². The topological polar surface area (TPSA) is 75.4 Å². The fourth-order valence-corrected chi connectivity index (χ4v) is 2.30. The van der Waals surface area contributed by atoms with Gasteiger partial charge in [0.05, 0.1) is 5.69 Å². The molecule has 0 saturated carbocycles. The van der Waals surface area contributed by atoms with Crippen LogP contribution >= 0.6 is 11.8 Å². The van der Waals surface area contributed by atoms with E-state index in [2.05, 4.69) is 5.32 Å². The molecule has 5 nitrogen and oxygen atoms in total. The van der Waals surface area contributed by atoms with Crippen LogP contribution in [0.15, 0.2) is 24.3 Å². The van der Waals surface area contributed by atoms with E-state index in [0.717, 1.165) is 5.75 Å². The Bertz CT molecular complexity index is 461. The second kappa shape index (κ2) is 5.30. The van der Waals surface area contributed by atoms with Crippen molar-refractivity contribution >= 4 is 35.1 Å². The van der Waals surface area contributed by atoms with Crippen molar-refractivity contribution in [2.45, 2.75) is 12.5 Å². The number of rotatable bonds is 4. The van der Waals surface area contributed by atoms with Gasteiger partial charge >= 0.3 is 6.03 Å². The molecule has 96 valence electrons. The third kappa shape index (κ3) is 2.43. The number of nitrogen functional groups attached to an aromatic ring is 1. The van der Waals surface area contributed by atoms with Crippen LogP contribution in [-0.4, -0.2) is 30.0 Å². The van der Waals surface area contributed by atoms with Gasteiger partial charge in [-0.3, -0.25) is 4.79 Å². The second-order valence-corrected chi connectivity index (χ2v) is 5.03. The zero-order valence-corrected chi connectivity index (χ0v) is 10.9. The van der Waals surface area contributed by atoms with Crippen molar-refractivity contribution in [3.8, 4) is 0 Å². The number of anilines is 2. The number of carbonyl (C=O) groups is 2. The van der Waals surface area contributed by atoms with E-state index in [1.54, 1.807) is 36.0 Å². The van der Waals surface area contributed by atoms with E-state index in [4.69, 9.17) is 5.73 Å². The number of benzene rings is 1. The van der Waals surface area contributed by atoms with Crippen molar-refractivity contribution in [2.24, 2.45) is 0 Å². The third-order valence-electron chi connectivity index (χ3n) is 2.78. The molecule has 1 aromatic carbocycles. The molecule has 0 radical (unpaired) electrons. The Morgan fingerprint density at radius 1 is 1.33 bits per heavy atom. The van der Waals surface area contributed by atoms with Crippen LogP contribution in [-0.2, 0) is 4.79 Å². The number of hydrogen-bond donors (Lipinski definition) is 2. The second-order valence-electron chi connectivity index (χ2n) is 4.05. The molecule has 1 saturated heterocycles. The maximum absolute atomic E-state index is 12.1. The van der Waals surface area contributed by atoms with Gasteiger partial charge in [-0.1, -0.05) is 0 Å². The predicted molar refractivity (Wildman–Crippen MR) is 73.7 cm³/mol. The van der Waals surface area contributed by atoms with Gasteiger partial charge in [-0.25, -0.2) is 9.69 Å². The van der Waals surface area contributed by atoms with E-state index in [-0.39, 0.29) is 11.9 Å². The molecule has 3 N–H and O–H groups in total. The molecule has 18 heavy (non-hydrogen) atoms. The summed E-state index contributed by atoms with van der Waals surface area (Å²) < 4.78 is 0. The molecule has 1 aliphatic heterocycles. The zero-order valence-electron chi connectivity index (χ0n) is 10.1. The van der Waals surface area contributed by atoms with Crippen molar-refractivity contribution < 1.29 is 9.59 Å². The molecule has 0 spiro atoms. The molecule has 0 bridgehead atoms. The van der Waals surface area contributed by atoms with Crippen LogP contribution in [0.1, 0.15) is 6.42 Å². The minimum atomic E-state index is -0.414. The van der Waals surface area contributed by atoms with Crippen LogP contribution < -0.4 is 16.0 Å². The molecule has 1 aliphatic rings. The van der Waals surface area contributed by atoms with Crippen molar-refractivity contribution in [3.63, 3.8) is 0 Å². The highest BCUT2D eigenvalue weighted by Gasteiger charge is 2.38. The number of nitrogens with two attached hydrogens (primary N) is 1. The molecule has 1 aromatic rings. The SMILES string of the molecule is CSCC[C@H]1NC(=O)N(c2ccc(N)cc2)C1=O. The molecule has 0 aliphatic carbocycles. The van der Waals surface area contributed by atoms with E-state index in [1.165, 1.54) is 4.90 Å². The van der Waals surface area contributed by atoms with Gasteiger partial charge < -0.3 is 11.1 Å². The summed E-state index contributed by atoms with van der Waals surface area (Å²) in [7, 11) is 0. The molecule has 2 rings (SSSR count). The third-order valence-corrected chi connectivity index (χ3v) is 3.43. The molecular formula is C12H15N3O2S. The maximum atomic E-state index is 12.1. The highest BCUT2D eigenvalue weighted by atomic mass is 32.2. The Hall–Kier alpha value is -1.69. The molecule has 0 aromatic heterocycles. The Morgan fingerprint density at radius 2 is 2.00 bits per heavy atom. The zero-order chi connectivity index (χ0) is 13.1. The molecular weight excluding hydrogens is 250 g/mol. The van der Waals surface area contributed by atoms with Crippen LogP contribution in [0, 0.1) is 0 Å². The first-order valence-corrected chi connectivity index (χ1v) is 7.02. The maximum Gasteiger partial charge on any atom is 0.329 e. The average molecular weight is 265 g/mol. The van der Waals surface area contributed by atoms with Crippen molar-refractivity contribution in [1.29, 1.82) is 0 Å². The van der Waals surface area contributed by atoms with Gasteiger partial charge in [0.25, 0.3) is 5.91 Å². The summed E-state index contributed by atoms with van der Waals surface area (Å²) in [4.78, 5) is 25.1. The average Bonchev–Trinajstić information content (AvgIpc) is 2.63. The summed E-state index contributed by atoms with van der Waals surface area (Å²) >= 11 is 1.65. The van der Waals surface area contributed by atoms with Gasteiger partial charge in [0.15, 0.2) is 0 Å². The Kier molecular flexibility index (Phi) is 3.76. The number of carbonyl (C=O) groups excluding carboxylic acids is 2. The quantitative estimate of drug-likeness (QED) is 0.638. The van der Waals surface area contributed by atoms with E-state index in [9.17, 15) is 9.59 Å². The number of thioether (sulfide) groups is 1. The summed E-state index contributed by atoms with van der Waals surface area (Å²) in [6.07, 6.45) is 2.62. The molecule has 1 atom stereocenters. The highest BCUT2D eigenvalue weighted by Crippen LogP contribution is 2.22. The molecule has 1 fully saturated rings. The van der Waals surface area contributed by atoms with E-state index < -0.39 is 6.04 Å². The van der Waals surface area contributed by atoms with Crippen LogP contribution in [0.3, 0.4) is 0 Å². The van der Waals surface area contributed by atoms with Gasteiger partial charge in [0, 0.05) is 5.69 Å². The van der Waals surface area contributed by atoms with Gasteiger partial charge in [-0.15, -0.1) is 0 Å². The number of urea groups is 1. The lowest BCUT2D eigenvalue weighted by Crippen LogP contribution is -2.31. The number of hydrogen-bond acceptors (Lipinski definition) is 4. The molecule has 1 heterocycles. The first kappa shape index (κ1) is 12.8. The normalized spacial score (nSPS) is 19.2. The summed E-state index contributed by atoms with van der Waals surface area (Å²) in [5.74, 6) is 0.644. The van der Waals surface area contributed by atoms with Crippen molar-refractivity contribution in [2.75, 3.05) is 22.6 Å². The lowest BCUT2D eigenvalue weighted by Gasteiger charge is -2.13. The molecule has 6 heteroatoms. The number of nitrogens with one attached hydrogen (secondary N) is 1. The predicted octanol–water partition coefficient (Wildman–Crippen LogP) is 1.45. The summed E-state index contributed by atoms with van der Waals surface area (Å²) in [5, 5.41) is 2.69. The van der Waals surface area contributed by atoms with Gasteiger partial charge in [-0.2, -0.15) is 11.8 Å². The lowest BCUT2D eigenvalue weighted by molar-refractivity contribution is -0.118. The lowest BCUT2D eigenvalue weighted by atomic mass is 10.2. The molecule has 3 amide bonds. The van der Waals surface area contributed by atoms with Crippen LogP contribution in [0.2, 0.25) is 0 Å². The highest BCUT2D eigenvalue weighted by molar-refractivity contribution is 7.98. The van der Waals surface area contributed by atoms with Crippen LogP contribution in [0.5, 0.6) is 0 Å². The Labute approximate surface area is 110 Å². The summed E-state index contributed by atoms with van der Waals surface area (Å²) in [5.41, 5.74) is 6.74. The van der Waals surface area contributed by atoms with E-state index in [1.807, 2.05) is 6.26 Å².